The minimum atomic E-state index is -0.684. The predicted molar refractivity (Wildman–Crippen MR) is 112 cm³/mol. The summed E-state index contributed by atoms with van der Waals surface area (Å²) in [5.41, 5.74) is 1.09. The molecule has 0 unspecified atom stereocenters. The number of methoxy groups -OCH3 is 2. The summed E-state index contributed by atoms with van der Waals surface area (Å²) in [5, 5.41) is 22.3. The van der Waals surface area contributed by atoms with Crippen LogP contribution in [-0.2, 0) is 4.74 Å². The molecule has 2 aromatic carbocycles. The standard InChI is InChI=1S/C23H26O6/c1-13(2)7-6-9-23(3)10-8-14-19-15(11-17(24)21(14)29-23)18(27-4)12-16(20(19)25)22(26)28-5/h7-8,10-12,24-25H,6,9H2,1-5H3/t23-/m1/s1. The van der Waals surface area contributed by atoms with Gasteiger partial charge in [0.2, 0.25) is 0 Å². The molecule has 0 fully saturated rings. The molecule has 0 saturated carbocycles. The van der Waals surface area contributed by atoms with Crippen molar-refractivity contribution in [1.29, 1.82) is 0 Å². The van der Waals surface area contributed by atoms with Gasteiger partial charge in [0.15, 0.2) is 11.5 Å². The van der Waals surface area contributed by atoms with Gasteiger partial charge in [-0.1, -0.05) is 17.7 Å². The summed E-state index contributed by atoms with van der Waals surface area (Å²) in [7, 11) is 2.70. The second-order valence-electron chi connectivity index (χ2n) is 7.60. The summed E-state index contributed by atoms with van der Waals surface area (Å²) in [6, 6.07) is 2.87. The summed E-state index contributed by atoms with van der Waals surface area (Å²) in [4.78, 5) is 12.1. The topological polar surface area (TPSA) is 85.2 Å². The zero-order chi connectivity index (χ0) is 21.3. The number of allylic oxidation sites excluding steroid dienone is 2. The Morgan fingerprint density at radius 2 is 1.97 bits per heavy atom. The van der Waals surface area contributed by atoms with E-state index in [1.54, 1.807) is 0 Å². The van der Waals surface area contributed by atoms with E-state index in [0.717, 1.165) is 12.8 Å². The molecule has 0 aromatic heterocycles. The quantitative estimate of drug-likeness (QED) is 0.547. The molecule has 0 bridgehead atoms. The number of fused-ring (bicyclic) bond motifs is 3. The van der Waals surface area contributed by atoms with Crippen LogP contribution >= 0.6 is 0 Å². The Labute approximate surface area is 170 Å². The molecule has 0 saturated heterocycles. The maximum Gasteiger partial charge on any atom is 0.341 e. The van der Waals surface area contributed by atoms with Crippen molar-refractivity contribution in [1.82, 2.24) is 0 Å². The van der Waals surface area contributed by atoms with Crippen LogP contribution in [0.4, 0.5) is 0 Å². The lowest BCUT2D eigenvalue weighted by Crippen LogP contribution is -2.31. The van der Waals surface area contributed by atoms with Crippen molar-refractivity contribution < 1.29 is 29.2 Å². The van der Waals surface area contributed by atoms with E-state index in [0.29, 0.717) is 22.1 Å². The highest BCUT2D eigenvalue weighted by Crippen LogP contribution is 2.49. The Bertz CT molecular complexity index is 1030. The smallest absolute Gasteiger partial charge is 0.341 e. The van der Waals surface area contributed by atoms with Gasteiger partial charge in [-0.2, -0.15) is 0 Å². The number of phenols is 2. The lowest BCUT2D eigenvalue weighted by Gasteiger charge is -2.32. The fraction of sp³-hybridized carbons (Fsp3) is 0.348. The average molecular weight is 398 g/mol. The first kappa shape index (κ1) is 20.6. The van der Waals surface area contributed by atoms with Crippen LogP contribution < -0.4 is 9.47 Å². The molecule has 1 heterocycles. The number of rotatable bonds is 5. The van der Waals surface area contributed by atoms with E-state index in [1.807, 2.05) is 32.9 Å². The van der Waals surface area contributed by atoms with Crippen molar-refractivity contribution in [2.45, 2.75) is 39.2 Å². The van der Waals surface area contributed by atoms with Gasteiger partial charge >= 0.3 is 5.97 Å². The second-order valence-corrected chi connectivity index (χ2v) is 7.60. The van der Waals surface area contributed by atoms with Crippen LogP contribution in [0.15, 0.2) is 29.9 Å². The number of phenolic OH excluding ortho intramolecular Hbond substituents is 2. The van der Waals surface area contributed by atoms with Crippen LogP contribution in [0.1, 0.15) is 49.5 Å². The Morgan fingerprint density at radius 1 is 1.24 bits per heavy atom. The fourth-order valence-corrected chi connectivity index (χ4v) is 3.54. The highest BCUT2D eigenvalue weighted by molar-refractivity contribution is 6.08. The summed E-state index contributed by atoms with van der Waals surface area (Å²) >= 11 is 0. The van der Waals surface area contributed by atoms with Gasteiger partial charge in [0, 0.05) is 16.3 Å². The molecule has 3 rings (SSSR count). The van der Waals surface area contributed by atoms with Crippen molar-refractivity contribution in [3.8, 4) is 23.0 Å². The van der Waals surface area contributed by atoms with Gasteiger partial charge < -0.3 is 24.4 Å². The molecule has 1 atom stereocenters. The van der Waals surface area contributed by atoms with E-state index in [2.05, 4.69) is 6.08 Å². The van der Waals surface area contributed by atoms with Gasteiger partial charge in [-0.25, -0.2) is 4.79 Å². The zero-order valence-electron chi connectivity index (χ0n) is 17.3. The van der Waals surface area contributed by atoms with Crippen molar-refractivity contribution in [3.05, 3.63) is 41.0 Å². The van der Waals surface area contributed by atoms with Crippen molar-refractivity contribution in [2.75, 3.05) is 14.2 Å². The molecule has 0 spiro atoms. The molecular weight excluding hydrogens is 372 g/mol. The maximum absolute atomic E-state index is 12.1. The second kappa shape index (κ2) is 7.70. The summed E-state index contributed by atoms with van der Waals surface area (Å²) in [6.07, 6.45) is 7.41. The molecule has 1 aliphatic heterocycles. The molecule has 0 radical (unpaired) electrons. The normalized spacial score (nSPS) is 17.4. The van der Waals surface area contributed by atoms with Gasteiger partial charge in [0.25, 0.3) is 0 Å². The number of benzene rings is 2. The van der Waals surface area contributed by atoms with Gasteiger partial charge in [-0.3, -0.25) is 0 Å². The monoisotopic (exact) mass is 398 g/mol. The van der Waals surface area contributed by atoms with E-state index in [9.17, 15) is 15.0 Å². The van der Waals surface area contributed by atoms with Crippen LogP contribution in [-0.4, -0.2) is 36.0 Å². The van der Waals surface area contributed by atoms with Crippen molar-refractivity contribution in [3.63, 3.8) is 0 Å². The molecule has 0 amide bonds. The number of aromatic hydroxyl groups is 2. The maximum atomic E-state index is 12.1. The molecule has 6 heteroatoms. The largest absolute Gasteiger partial charge is 0.506 e. The van der Waals surface area contributed by atoms with E-state index in [1.165, 1.54) is 31.9 Å². The molecule has 2 N–H and O–H groups in total. The highest BCUT2D eigenvalue weighted by atomic mass is 16.5. The summed E-state index contributed by atoms with van der Waals surface area (Å²) in [5.74, 6) is -0.392. The van der Waals surface area contributed by atoms with Crippen LogP contribution in [0.2, 0.25) is 0 Å². The highest BCUT2D eigenvalue weighted by Gasteiger charge is 2.32. The molecule has 0 aliphatic carbocycles. The lowest BCUT2D eigenvalue weighted by molar-refractivity contribution is 0.0597. The summed E-state index contributed by atoms with van der Waals surface area (Å²) < 4.78 is 16.3. The van der Waals surface area contributed by atoms with E-state index in [4.69, 9.17) is 14.2 Å². The van der Waals surface area contributed by atoms with Crippen LogP contribution in [0.5, 0.6) is 23.0 Å². The van der Waals surface area contributed by atoms with Gasteiger partial charge in [0.05, 0.1) is 14.2 Å². The third kappa shape index (κ3) is 3.75. The van der Waals surface area contributed by atoms with Gasteiger partial charge in [-0.15, -0.1) is 0 Å². The Balaban J connectivity index is 2.19. The van der Waals surface area contributed by atoms with E-state index in [-0.39, 0.29) is 22.8 Å². The first-order valence-electron chi connectivity index (χ1n) is 9.40. The lowest BCUT2D eigenvalue weighted by atomic mass is 9.91. The van der Waals surface area contributed by atoms with Crippen molar-refractivity contribution in [2.24, 2.45) is 0 Å². The third-order valence-corrected chi connectivity index (χ3v) is 5.09. The predicted octanol–water partition coefficient (Wildman–Crippen LogP) is 4.96. The zero-order valence-corrected chi connectivity index (χ0v) is 17.3. The van der Waals surface area contributed by atoms with Crippen LogP contribution in [0.3, 0.4) is 0 Å². The molecule has 2 aromatic rings. The number of carbonyl (C=O) groups is 1. The molecular formula is C23H26O6. The fourth-order valence-electron chi connectivity index (χ4n) is 3.54. The molecule has 154 valence electrons. The Morgan fingerprint density at radius 3 is 2.59 bits per heavy atom. The molecule has 1 aliphatic rings. The van der Waals surface area contributed by atoms with E-state index < -0.39 is 11.6 Å². The van der Waals surface area contributed by atoms with Gasteiger partial charge in [0.1, 0.15) is 22.7 Å². The summed E-state index contributed by atoms with van der Waals surface area (Å²) in [6.45, 7) is 6.03. The molecule has 6 nitrogen and oxygen atoms in total. The van der Waals surface area contributed by atoms with Crippen molar-refractivity contribution >= 4 is 22.8 Å². The number of hydrogen-bond donors (Lipinski definition) is 2. The number of esters is 1. The first-order chi connectivity index (χ1) is 13.7. The third-order valence-electron chi connectivity index (χ3n) is 5.09. The SMILES string of the molecule is COC(=O)c1cc(OC)c2cc(O)c3c(c2c1O)C=C[C@@](C)(CCC=C(C)C)O3. The first-order valence-corrected chi connectivity index (χ1v) is 9.40. The van der Waals surface area contributed by atoms with Crippen LogP contribution in [0.25, 0.3) is 16.8 Å². The minimum Gasteiger partial charge on any atom is -0.506 e. The molecule has 29 heavy (non-hydrogen) atoms. The average Bonchev–Trinajstić information content (AvgIpc) is 2.67. The van der Waals surface area contributed by atoms with E-state index >= 15 is 0 Å². The number of ether oxygens (including phenoxy) is 3. The minimum absolute atomic E-state index is 0.0185. The Kier molecular flexibility index (Phi) is 5.46. The Hall–Kier alpha value is -3.15. The number of carbonyl (C=O) groups excluding carboxylic acids is 1. The van der Waals surface area contributed by atoms with Crippen LogP contribution in [0, 0.1) is 0 Å². The number of hydrogen-bond acceptors (Lipinski definition) is 6. The van der Waals surface area contributed by atoms with Gasteiger partial charge in [-0.05, 0) is 51.8 Å².